The van der Waals surface area contributed by atoms with E-state index in [-0.39, 0.29) is 5.91 Å². The summed E-state index contributed by atoms with van der Waals surface area (Å²) in [6, 6.07) is 17.4. The maximum Gasteiger partial charge on any atom is 0.220 e. The molecule has 116 valence electrons. The molecule has 0 aliphatic heterocycles. The van der Waals surface area contributed by atoms with Gasteiger partial charge in [-0.05, 0) is 49.8 Å². The number of para-hydroxylation sites is 1. The van der Waals surface area contributed by atoms with Crippen LogP contribution in [0.4, 0.5) is 0 Å². The highest BCUT2D eigenvalue weighted by Gasteiger charge is 2.02. The Morgan fingerprint density at radius 3 is 2.36 bits per heavy atom. The monoisotopic (exact) mass is 298 g/mol. The maximum atomic E-state index is 11.6. The molecule has 0 bridgehead atoms. The number of nitrogens with one attached hydrogen (secondary N) is 2. The Morgan fingerprint density at radius 2 is 1.68 bits per heavy atom. The summed E-state index contributed by atoms with van der Waals surface area (Å²) in [6.07, 6.45) is 1.40. The first kappa shape index (κ1) is 16.0. The molecule has 0 aliphatic carbocycles. The molecule has 0 radical (unpaired) electrons. The van der Waals surface area contributed by atoms with Crippen molar-refractivity contribution in [3.05, 3.63) is 60.2 Å². The lowest BCUT2D eigenvalue weighted by Crippen LogP contribution is -2.23. The zero-order chi connectivity index (χ0) is 15.6. The Hall–Kier alpha value is -2.33. The molecule has 0 spiro atoms. The van der Waals surface area contributed by atoms with E-state index >= 15 is 0 Å². The van der Waals surface area contributed by atoms with Crippen LogP contribution >= 0.6 is 0 Å². The predicted octanol–water partition coefficient (Wildman–Crippen LogP) is 3.09. The number of hydrogen-bond acceptors (Lipinski definition) is 3. The van der Waals surface area contributed by atoms with E-state index in [1.54, 1.807) is 0 Å². The fourth-order valence-electron chi connectivity index (χ4n) is 2.01. The fraction of sp³-hybridized carbons (Fsp3) is 0.278. The van der Waals surface area contributed by atoms with E-state index in [1.165, 1.54) is 0 Å². The molecule has 0 aliphatic rings. The fourth-order valence-corrected chi connectivity index (χ4v) is 2.01. The van der Waals surface area contributed by atoms with E-state index in [4.69, 9.17) is 4.74 Å². The van der Waals surface area contributed by atoms with Crippen molar-refractivity contribution in [3.63, 3.8) is 0 Å². The minimum Gasteiger partial charge on any atom is -0.457 e. The van der Waals surface area contributed by atoms with Gasteiger partial charge in [0.15, 0.2) is 0 Å². The topological polar surface area (TPSA) is 50.4 Å². The highest BCUT2D eigenvalue weighted by atomic mass is 16.5. The Kier molecular flexibility index (Phi) is 6.45. The van der Waals surface area contributed by atoms with E-state index < -0.39 is 0 Å². The molecule has 2 rings (SSSR count). The van der Waals surface area contributed by atoms with Crippen molar-refractivity contribution in [2.75, 3.05) is 13.6 Å². The molecule has 1 amide bonds. The molecule has 2 N–H and O–H groups in total. The molecule has 2 aromatic carbocycles. The van der Waals surface area contributed by atoms with E-state index in [0.717, 1.165) is 30.0 Å². The van der Waals surface area contributed by atoms with Gasteiger partial charge in [0.2, 0.25) is 5.91 Å². The van der Waals surface area contributed by atoms with Crippen LogP contribution in [0.2, 0.25) is 0 Å². The summed E-state index contributed by atoms with van der Waals surface area (Å²) in [6.45, 7) is 1.41. The van der Waals surface area contributed by atoms with Crippen LogP contribution in [-0.4, -0.2) is 19.5 Å². The van der Waals surface area contributed by atoms with Crippen LogP contribution in [0.5, 0.6) is 11.5 Å². The first-order valence-electron chi connectivity index (χ1n) is 7.51. The van der Waals surface area contributed by atoms with Gasteiger partial charge in [0.05, 0.1) is 0 Å². The molecular formula is C18H22N2O2. The standard InChI is InChI=1S/C18H22N2O2/c1-19-13-5-8-18(21)20-14-15-9-11-17(12-10-15)22-16-6-3-2-4-7-16/h2-4,6-7,9-12,19H,5,8,13-14H2,1H3,(H,20,21). The van der Waals surface area contributed by atoms with E-state index in [0.29, 0.717) is 13.0 Å². The Labute approximate surface area is 131 Å². The van der Waals surface area contributed by atoms with Crippen LogP contribution < -0.4 is 15.4 Å². The molecule has 0 fully saturated rings. The van der Waals surface area contributed by atoms with Gasteiger partial charge >= 0.3 is 0 Å². The van der Waals surface area contributed by atoms with Gasteiger partial charge in [0, 0.05) is 13.0 Å². The zero-order valence-electron chi connectivity index (χ0n) is 12.8. The minimum atomic E-state index is 0.0832. The second kappa shape index (κ2) is 8.85. The molecule has 0 heterocycles. The van der Waals surface area contributed by atoms with Gasteiger partial charge in [0.1, 0.15) is 11.5 Å². The number of benzene rings is 2. The van der Waals surface area contributed by atoms with Crippen molar-refractivity contribution in [2.24, 2.45) is 0 Å². The third-order valence-electron chi connectivity index (χ3n) is 3.22. The van der Waals surface area contributed by atoms with E-state index in [1.807, 2.05) is 61.6 Å². The minimum absolute atomic E-state index is 0.0832. The number of hydrogen-bond donors (Lipinski definition) is 2. The number of rotatable bonds is 8. The molecule has 22 heavy (non-hydrogen) atoms. The molecule has 0 atom stereocenters. The van der Waals surface area contributed by atoms with Gasteiger partial charge in [-0.25, -0.2) is 0 Å². The molecule has 2 aromatic rings. The lowest BCUT2D eigenvalue weighted by atomic mass is 10.2. The smallest absolute Gasteiger partial charge is 0.220 e. The third-order valence-corrected chi connectivity index (χ3v) is 3.22. The summed E-state index contributed by atoms with van der Waals surface area (Å²) in [4.78, 5) is 11.6. The average Bonchev–Trinajstić information content (AvgIpc) is 2.55. The SMILES string of the molecule is CNCCCC(=O)NCc1ccc(Oc2ccccc2)cc1. The predicted molar refractivity (Wildman–Crippen MR) is 88.0 cm³/mol. The summed E-state index contributed by atoms with van der Waals surface area (Å²) >= 11 is 0. The van der Waals surface area contributed by atoms with Crippen LogP contribution in [0.3, 0.4) is 0 Å². The van der Waals surface area contributed by atoms with E-state index in [2.05, 4.69) is 10.6 Å². The molecule has 0 aromatic heterocycles. The van der Waals surface area contributed by atoms with Gasteiger partial charge in [-0.2, -0.15) is 0 Å². The second-order valence-corrected chi connectivity index (χ2v) is 5.04. The molecule has 4 heteroatoms. The van der Waals surface area contributed by atoms with Crippen LogP contribution in [0.15, 0.2) is 54.6 Å². The summed E-state index contributed by atoms with van der Waals surface area (Å²) in [5.74, 6) is 1.68. The Bertz CT molecular complexity index is 567. The quantitative estimate of drug-likeness (QED) is 0.736. The summed E-state index contributed by atoms with van der Waals surface area (Å²) in [7, 11) is 1.89. The number of carbonyl (C=O) groups is 1. The van der Waals surface area contributed by atoms with Crippen molar-refractivity contribution >= 4 is 5.91 Å². The first-order valence-corrected chi connectivity index (χ1v) is 7.51. The van der Waals surface area contributed by atoms with Crippen molar-refractivity contribution in [1.82, 2.24) is 10.6 Å². The van der Waals surface area contributed by atoms with Crippen molar-refractivity contribution in [1.29, 1.82) is 0 Å². The second-order valence-electron chi connectivity index (χ2n) is 5.04. The maximum absolute atomic E-state index is 11.6. The third kappa shape index (κ3) is 5.58. The van der Waals surface area contributed by atoms with Crippen LogP contribution in [0.25, 0.3) is 0 Å². The van der Waals surface area contributed by atoms with Gasteiger partial charge in [0.25, 0.3) is 0 Å². The molecule has 0 saturated carbocycles. The number of amides is 1. The molecule has 4 nitrogen and oxygen atoms in total. The first-order chi connectivity index (χ1) is 10.8. The highest BCUT2D eigenvalue weighted by molar-refractivity contribution is 5.75. The van der Waals surface area contributed by atoms with Crippen molar-refractivity contribution in [3.8, 4) is 11.5 Å². The Morgan fingerprint density at radius 1 is 1.00 bits per heavy atom. The Balaban J connectivity index is 1.78. The molecular weight excluding hydrogens is 276 g/mol. The van der Waals surface area contributed by atoms with Crippen LogP contribution in [0.1, 0.15) is 18.4 Å². The van der Waals surface area contributed by atoms with Gasteiger partial charge in [-0.15, -0.1) is 0 Å². The lowest BCUT2D eigenvalue weighted by Gasteiger charge is -2.08. The largest absolute Gasteiger partial charge is 0.457 e. The molecule has 0 saturated heterocycles. The van der Waals surface area contributed by atoms with Gasteiger partial charge in [-0.3, -0.25) is 4.79 Å². The number of ether oxygens (including phenoxy) is 1. The summed E-state index contributed by atoms with van der Waals surface area (Å²) in [5, 5.41) is 5.95. The van der Waals surface area contributed by atoms with Crippen LogP contribution in [-0.2, 0) is 11.3 Å². The normalized spacial score (nSPS) is 10.2. The average molecular weight is 298 g/mol. The van der Waals surface area contributed by atoms with Crippen molar-refractivity contribution < 1.29 is 9.53 Å². The zero-order valence-corrected chi connectivity index (χ0v) is 12.8. The summed E-state index contributed by atoms with van der Waals surface area (Å²) < 4.78 is 5.73. The summed E-state index contributed by atoms with van der Waals surface area (Å²) in [5.41, 5.74) is 1.06. The van der Waals surface area contributed by atoms with Crippen LogP contribution in [0, 0.1) is 0 Å². The van der Waals surface area contributed by atoms with Gasteiger partial charge < -0.3 is 15.4 Å². The van der Waals surface area contributed by atoms with Crippen molar-refractivity contribution in [2.45, 2.75) is 19.4 Å². The van der Waals surface area contributed by atoms with E-state index in [9.17, 15) is 4.79 Å². The number of carbonyl (C=O) groups excluding carboxylic acids is 1. The lowest BCUT2D eigenvalue weighted by molar-refractivity contribution is -0.121. The van der Waals surface area contributed by atoms with Gasteiger partial charge in [-0.1, -0.05) is 30.3 Å². The molecule has 0 unspecified atom stereocenters. The highest BCUT2D eigenvalue weighted by Crippen LogP contribution is 2.20.